The lowest BCUT2D eigenvalue weighted by Gasteiger charge is -2.38. The number of aliphatic hydroxyl groups is 1. The van der Waals surface area contributed by atoms with E-state index in [4.69, 9.17) is 14.2 Å². The number of hydrogen-bond acceptors (Lipinski definition) is 6. The Hall–Kier alpha value is -3.77. The summed E-state index contributed by atoms with van der Waals surface area (Å²) in [6, 6.07) is 13.4. The van der Waals surface area contributed by atoms with Gasteiger partial charge in [-0.25, -0.2) is 4.79 Å². The highest BCUT2D eigenvalue weighted by Gasteiger charge is 2.35. The smallest absolute Gasteiger partial charge is 0.340 e. The molecule has 1 aliphatic rings. The van der Waals surface area contributed by atoms with Gasteiger partial charge in [0, 0.05) is 11.3 Å². The van der Waals surface area contributed by atoms with E-state index in [1.807, 2.05) is 38.1 Å². The van der Waals surface area contributed by atoms with E-state index in [2.05, 4.69) is 72.5 Å². The van der Waals surface area contributed by atoms with E-state index in [-0.39, 0.29) is 12.2 Å². The standard InChI is InChI=1S/C48H69NO5/c1-11-32(3)19-15-20-33(4)21-16-22-34(5)23-18-29-48(10)30-28-40-38(9)45(36(7)37(8)46(40)54-48)53-44(50)31-52-47(51)41-25-13-14-26-43(41)49-42-27-17-24-35(6)39(42)12-2/h11,13-14,17,24-27,32-34,44,49-50H,1,12,15-16,18-23,28-31H2,2-10H3/t32?,33-,34-,44?,48-/m1/s1. The maximum atomic E-state index is 13.3. The number of nitrogens with one attached hydrogen (secondary N) is 1. The normalized spacial score (nSPS) is 17.4. The number of hydrogen-bond donors (Lipinski definition) is 2. The Morgan fingerprint density at radius 2 is 1.56 bits per heavy atom. The molecule has 2 N–H and O–H groups in total. The third-order valence-corrected chi connectivity index (χ3v) is 11.9. The van der Waals surface area contributed by atoms with Crippen molar-refractivity contribution < 1.29 is 24.1 Å². The van der Waals surface area contributed by atoms with Crippen LogP contribution in [0.1, 0.15) is 143 Å². The van der Waals surface area contributed by atoms with Crippen LogP contribution >= 0.6 is 0 Å². The number of allylic oxidation sites excluding steroid dienone is 1. The molecule has 0 saturated carbocycles. The van der Waals surface area contributed by atoms with Crippen molar-refractivity contribution >= 4 is 17.3 Å². The molecule has 0 bridgehead atoms. The maximum Gasteiger partial charge on any atom is 0.340 e. The number of rotatable bonds is 21. The average Bonchev–Trinajstić information content (AvgIpc) is 3.14. The second-order valence-electron chi connectivity index (χ2n) is 16.5. The molecule has 0 spiro atoms. The Balaban J connectivity index is 1.28. The Bertz CT molecular complexity index is 1700. The molecule has 2 unspecified atom stereocenters. The zero-order valence-corrected chi connectivity index (χ0v) is 34.9. The highest BCUT2D eigenvalue weighted by molar-refractivity contribution is 5.96. The maximum absolute atomic E-state index is 13.3. The van der Waals surface area contributed by atoms with Crippen LogP contribution in [0.4, 0.5) is 11.4 Å². The number of ether oxygens (including phenoxy) is 3. The molecular formula is C48H69NO5. The van der Waals surface area contributed by atoms with E-state index in [0.717, 1.165) is 77.6 Å². The molecule has 1 aliphatic heterocycles. The van der Waals surface area contributed by atoms with Crippen molar-refractivity contribution in [3.05, 3.63) is 94.1 Å². The quantitative estimate of drug-likeness (QED) is 0.0643. The van der Waals surface area contributed by atoms with Crippen LogP contribution in [0.25, 0.3) is 0 Å². The predicted molar refractivity (Wildman–Crippen MR) is 224 cm³/mol. The van der Waals surface area contributed by atoms with Crippen LogP contribution in [0.2, 0.25) is 0 Å². The van der Waals surface area contributed by atoms with Crippen molar-refractivity contribution in [2.75, 3.05) is 11.9 Å². The number of fused-ring (bicyclic) bond motifs is 1. The fourth-order valence-corrected chi connectivity index (χ4v) is 8.07. The molecule has 0 amide bonds. The van der Waals surface area contributed by atoms with Gasteiger partial charge < -0.3 is 24.6 Å². The first-order valence-corrected chi connectivity index (χ1v) is 20.7. The largest absolute Gasteiger partial charge is 0.487 e. The van der Waals surface area contributed by atoms with E-state index < -0.39 is 12.3 Å². The lowest BCUT2D eigenvalue weighted by atomic mass is 9.83. The number of carbonyl (C=O) groups excluding carboxylic acids is 1. The molecule has 6 nitrogen and oxygen atoms in total. The first-order chi connectivity index (χ1) is 25.8. The summed E-state index contributed by atoms with van der Waals surface area (Å²) in [5.41, 5.74) is 8.26. The summed E-state index contributed by atoms with van der Waals surface area (Å²) >= 11 is 0. The Kier molecular flexibility index (Phi) is 16.1. The Morgan fingerprint density at radius 1 is 0.907 bits per heavy atom. The summed E-state index contributed by atoms with van der Waals surface area (Å²) in [6.45, 7) is 23.3. The van der Waals surface area contributed by atoms with Crippen LogP contribution in [-0.4, -0.2) is 29.6 Å². The zero-order chi connectivity index (χ0) is 39.4. The molecule has 0 fully saturated rings. The highest BCUT2D eigenvalue weighted by atomic mass is 16.6. The minimum absolute atomic E-state index is 0.202. The monoisotopic (exact) mass is 740 g/mol. The highest BCUT2D eigenvalue weighted by Crippen LogP contribution is 2.45. The topological polar surface area (TPSA) is 77.0 Å². The van der Waals surface area contributed by atoms with Crippen LogP contribution in [0, 0.1) is 45.4 Å². The van der Waals surface area contributed by atoms with Crippen molar-refractivity contribution in [1.82, 2.24) is 0 Å². The third-order valence-electron chi connectivity index (χ3n) is 11.9. The van der Waals surface area contributed by atoms with E-state index in [1.165, 1.54) is 56.1 Å². The van der Waals surface area contributed by atoms with Crippen LogP contribution in [0.5, 0.6) is 11.5 Å². The molecule has 54 heavy (non-hydrogen) atoms. The lowest BCUT2D eigenvalue weighted by Crippen LogP contribution is -2.37. The van der Waals surface area contributed by atoms with Crippen LogP contribution < -0.4 is 14.8 Å². The summed E-state index contributed by atoms with van der Waals surface area (Å²) in [5, 5.41) is 14.4. The summed E-state index contributed by atoms with van der Waals surface area (Å²) in [7, 11) is 0. The first-order valence-electron chi connectivity index (χ1n) is 20.7. The number of esters is 1. The molecule has 0 aliphatic carbocycles. The van der Waals surface area contributed by atoms with E-state index >= 15 is 0 Å². The minimum atomic E-state index is -1.32. The van der Waals surface area contributed by atoms with Crippen molar-refractivity contribution in [2.45, 2.75) is 151 Å². The van der Waals surface area contributed by atoms with Gasteiger partial charge in [0.25, 0.3) is 0 Å². The van der Waals surface area contributed by atoms with Gasteiger partial charge in [-0.05, 0) is 137 Å². The second-order valence-corrected chi connectivity index (χ2v) is 16.5. The third kappa shape index (κ3) is 11.6. The molecule has 296 valence electrons. The molecule has 0 saturated heterocycles. The fraction of sp³-hybridized carbons (Fsp3) is 0.562. The van der Waals surface area contributed by atoms with Crippen molar-refractivity contribution in [3.63, 3.8) is 0 Å². The average molecular weight is 740 g/mol. The molecule has 6 heteroatoms. The van der Waals surface area contributed by atoms with Crippen molar-refractivity contribution in [3.8, 4) is 11.5 Å². The summed E-state index contributed by atoms with van der Waals surface area (Å²) in [4.78, 5) is 13.3. The van der Waals surface area contributed by atoms with Crippen LogP contribution in [0.15, 0.2) is 55.1 Å². The Morgan fingerprint density at radius 3 is 2.24 bits per heavy atom. The number of para-hydroxylation sites is 1. The number of carbonyl (C=O) groups is 1. The zero-order valence-electron chi connectivity index (χ0n) is 34.9. The van der Waals surface area contributed by atoms with Crippen molar-refractivity contribution in [2.24, 2.45) is 17.8 Å². The van der Waals surface area contributed by atoms with Gasteiger partial charge in [-0.15, -0.1) is 6.58 Å². The van der Waals surface area contributed by atoms with E-state index in [9.17, 15) is 9.90 Å². The number of aryl methyl sites for hydroxylation is 1. The van der Waals surface area contributed by atoms with Gasteiger partial charge >= 0.3 is 5.97 Å². The van der Waals surface area contributed by atoms with Gasteiger partial charge in [-0.1, -0.05) is 96.6 Å². The van der Waals surface area contributed by atoms with E-state index in [1.54, 1.807) is 12.1 Å². The summed E-state index contributed by atoms with van der Waals surface area (Å²) < 4.78 is 18.5. The van der Waals surface area contributed by atoms with Gasteiger partial charge in [0.2, 0.25) is 6.29 Å². The molecule has 1 heterocycles. The predicted octanol–water partition coefficient (Wildman–Crippen LogP) is 12.5. The molecule has 4 rings (SSSR count). The van der Waals surface area contributed by atoms with Gasteiger partial charge in [-0.3, -0.25) is 0 Å². The number of aliphatic hydroxyl groups excluding tert-OH is 1. The van der Waals surface area contributed by atoms with Gasteiger partial charge in [-0.2, -0.15) is 0 Å². The van der Waals surface area contributed by atoms with Gasteiger partial charge in [0.1, 0.15) is 17.1 Å². The molecule has 3 aromatic rings. The number of anilines is 2. The molecule has 0 radical (unpaired) electrons. The second kappa shape index (κ2) is 20.2. The molecule has 3 aromatic carbocycles. The SMILES string of the molecule is C=CC(C)CCC[C@@H](C)CCC[C@@H](C)CCC[C@]1(C)CCc2c(C)c(OC(O)COC(=O)c3ccccc3Nc3cccc(C)c3CC)c(C)c(C)c2O1. The minimum Gasteiger partial charge on any atom is -0.487 e. The Labute approximate surface area is 327 Å². The fourth-order valence-electron chi connectivity index (χ4n) is 8.07. The summed E-state index contributed by atoms with van der Waals surface area (Å²) in [5.74, 6) is 3.23. The lowest BCUT2D eigenvalue weighted by molar-refractivity contribution is -0.0643. The van der Waals surface area contributed by atoms with Gasteiger partial charge in [0.15, 0.2) is 6.61 Å². The first kappa shape index (κ1) is 43.0. The van der Waals surface area contributed by atoms with Gasteiger partial charge in [0.05, 0.1) is 11.3 Å². The van der Waals surface area contributed by atoms with Crippen LogP contribution in [-0.2, 0) is 17.6 Å². The molecule has 0 aromatic heterocycles. The van der Waals surface area contributed by atoms with Crippen molar-refractivity contribution in [1.29, 1.82) is 0 Å². The molecule has 5 atom stereocenters. The van der Waals surface area contributed by atoms with E-state index in [0.29, 0.717) is 22.9 Å². The number of benzene rings is 3. The summed E-state index contributed by atoms with van der Waals surface area (Å²) in [6.07, 6.45) is 14.7. The molecular weight excluding hydrogens is 671 g/mol. The van der Waals surface area contributed by atoms with Crippen LogP contribution in [0.3, 0.4) is 0 Å².